The number of hydrogen-bond donors (Lipinski definition) is 1. The van der Waals surface area contributed by atoms with Gasteiger partial charge in [0.15, 0.2) is 0 Å². The van der Waals surface area contributed by atoms with Gasteiger partial charge in [0, 0.05) is 27.8 Å². The second-order valence-corrected chi connectivity index (χ2v) is 6.10. The topological polar surface area (TPSA) is 21.3 Å². The third-order valence-electron chi connectivity index (χ3n) is 2.97. The van der Waals surface area contributed by atoms with Crippen molar-refractivity contribution >= 4 is 37.5 Å². The summed E-state index contributed by atoms with van der Waals surface area (Å²) >= 11 is 7.00. The molecule has 0 aromatic heterocycles. The van der Waals surface area contributed by atoms with E-state index in [4.69, 9.17) is 4.74 Å². The molecule has 1 heterocycles. The molecule has 2 rings (SSSR count). The lowest BCUT2D eigenvalue weighted by Gasteiger charge is -2.11. The Bertz CT molecular complexity index is 364. The molecule has 94 valence electrons. The molecule has 1 aliphatic rings. The third-order valence-corrected chi connectivity index (χ3v) is 4.12. The summed E-state index contributed by atoms with van der Waals surface area (Å²) in [5.74, 6) is 0. The highest BCUT2D eigenvalue weighted by atomic mass is 79.9. The lowest BCUT2D eigenvalue weighted by atomic mass is 10.1. The van der Waals surface area contributed by atoms with E-state index in [-0.39, 0.29) is 0 Å². The number of rotatable bonds is 5. The second-order valence-electron chi connectivity index (χ2n) is 4.33. The maximum absolute atomic E-state index is 5.60. The summed E-state index contributed by atoms with van der Waals surface area (Å²) in [6.45, 7) is 1.95. The summed E-state index contributed by atoms with van der Waals surface area (Å²) in [4.78, 5) is 0. The lowest BCUT2D eigenvalue weighted by molar-refractivity contribution is 0.103. The number of hydrogen-bond acceptors (Lipinski definition) is 2. The lowest BCUT2D eigenvalue weighted by Crippen LogP contribution is -2.09. The predicted octanol–water partition coefficient (Wildman–Crippen LogP) is 4.58. The molecule has 1 saturated heterocycles. The van der Waals surface area contributed by atoms with Crippen LogP contribution in [0.4, 0.5) is 5.69 Å². The summed E-state index contributed by atoms with van der Waals surface area (Å²) in [6, 6.07) is 6.19. The first kappa shape index (κ1) is 13.4. The first-order valence-electron chi connectivity index (χ1n) is 6.06. The van der Waals surface area contributed by atoms with Gasteiger partial charge in [-0.05, 0) is 59.8 Å². The fourth-order valence-electron chi connectivity index (χ4n) is 2.06. The van der Waals surface area contributed by atoms with Gasteiger partial charge in [-0.3, -0.25) is 0 Å². The monoisotopic (exact) mass is 361 g/mol. The maximum atomic E-state index is 5.60. The van der Waals surface area contributed by atoms with Gasteiger partial charge in [0.25, 0.3) is 0 Å². The Morgan fingerprint density at radius 3 is 2.94 bits per heavy atom. The average Bonchev–Trinajstić information content (AvgIpc) is 2.79. The third kappa shape index (κ3) is 4.27. The van der Waals surface area contributed by atoms with E-state index in [1.165, 1.54) is 19.3 Å². The molecule has 0 aliphatic carbocycles. The van der Waals surface area contributed by atoms with Crippen molar-refractivity contribution in [2.45, 2.75) is 31.8 Å². The molecule has 1 aliphatic heterocycles. The van der Waals surface area contributed by atoms with E-state index < -0.39 is 0 Å². The molecule has 0 amide bonds. The average molecular weight is 363 g/mol. The molecule has 0 saturated carbocycles. The van der Waals surface area contributed by atoms with E-state index in [0.717, 1.165) is 34.2 Å². The molecule has 1 fully saturated rings. The van der Waals surface area contributed by atoms with Gasteiger partial charge in [-0.15, -0.1) is 0 Å². The van der Waals surface area contributed by atoms with Crippen LogP contribution in [-0.4, -0.2) is 19.3 Å². The van der Waals surface area contributed by atoms with Crippen LogP contribution in [0.1, 0.15) is 25.7 Å². The molecule has 0 bridgehead atoms. The van der Waals surface area contributed by atoms with Crippen molar-refractivity contribution in [1.29, 1.82) is 0 Å². The quantitative estimate of drug-likeness (QED) is 0.774. The van der Waals surface area contributed by atoms with Crippen molar-refractivity contribution in [1.82, 2.24) is 0 Å². The van der Waals surface area contributed by atoms with Crippen molar-refractivity contribution in [2.75, 3.05) is 18.5 Å². The molecule has 2 nitrogen and oxygen atoms in total. The minimum absolute atomic E-state index is 0.505. The minimum Gasteiger partial charge on any atom is -0.384 e. The van der Waals surface area contributed by atoms with Crippen LogP contribution >= 0.6 is 31.9 Å². The molecule has 1 atom stereocenters. The summed E-state index contributed by atoms with van der Waals surface area (Å²) in [5, 5.41) is 3.44. The zero-order valence-corrected chi connectivity index (χ0v) is 12.9. The van der Waals surface area contributed by atoms with Gasteiger partial charge < -0.3 is 10.1 Å². The molecule has 1 unspecified atom stereocenters. The van der Waals surface area contributed by atoms with Crippen molar-refractivity contribution in [3.05, 3.63) is 27.1 Å². The first-order chi connectivity index (χ1) is 8.25. The molecule has 1 N–H and O–H groups in total. The highest BCUT2D eigenvalue weighted by Gasteiger charge is 2.14. The summed E-state index contributed by atoms with van der Waals surface area (Å²) in [6.07, 6.45) is 5.30. The van der Waals surface area contributed by atoms with Crippen LogP contribution in [-0.2, 0) is 4.74 Å². The number of halogens is 2. The van der Waals surface area contributed by atoms with E-state index in [0.29, 0.717) is 6.10 Å². The zero-order chi connectivity index (χ0) is 12.1. The van der Waals surface area contributed by atoms with Gasteiger partial charge in [-0.2, -0.15) is 0 Å². The Labute approximate surface area is 119 Å². The molecule has 17 heavy (non-hydrogen) atoms. The Balaban J connectivity index is 1.70. The van der Waals surface area contributed by atoms with Crippen LogP contribution in [0.3, 0.4) is 0 Å². The predicted molar refractivity (Wildman–Crippen MR) is 78.5 cm³/mol. The summed E-state index contributed by atoms with van der Waals surface area (Å²) < 4.78 is 7.79. The van der Waals surface area contributed by atoms with E-state index in [1.54, 1.807) is 0 Å². The standard InChI is InChI=1S/C13H17Br2NO/c14-10-5-6-13(12(15)9-10)16-7-1-3-11-4-2-8-17-11/h5-6,9,11,16H,1-4,7-8H2. The van der Waals surface area contributed by atoms with E-state index in [1.807, 2.05) is 6.07 Å². The van der Waals surface area contributed by atoms with Crippen molar-refractivity contribution < 1.29 is 4.74 Å². The second kappa shape index (κ2) is 6.76. The maximum Gasteiger partial charge on any atom is 0.0576 e. The SMILES string of the molecule is Brc1ccc(NCCCC2CCCO2)c(Br)c1. The van der Waals surface area contributed by atoms with Gasteiger partial charge in [0.2, 0.25) is 0 Å². The largest absolute Gasteiger partial charge is 0.384 e. The van der Waals surface area contributed by atoms with Crippen molar-refractivity contribution in [2.24, 2.45) is 0 Å². The van der Waals surface area contributed by atoms with Gasteiger partial charge in [0.05, 0.1) is 6.10 Å². The highest BCUT2D eigenvalue weighted by Crippen LogP contribution is 2.26. The van der Waals surface area contributed by atoms with Crippen molar-refractivity contribution in [3.8, 4) is 0 Å². The number of benzene rings is 1. The molecule has 0 spiro atoms. The molecular weight excluding hydrogens is 346 g/mol. The number of ether oxygens (including phenoxy) is 1. The molecular formula is C13H17Br2NO. The van der Waals surface area contributed by atoms with Gasteiger partial charge in [-0.25, -0.2) is 0 Å². The zero-order valence-electron chi connectivity index (χ0n) is 9.72. The van der Waals surface area contributed by atoms with Gasteiger partial charge in [-0.1, -0.05) is 15.9 Å². The Morgan fingerprint density at radius 2 is 2.24 bits per heavy atom. The van der Waals surface area contributed by atoms with E-state index in [2.05, 4.69) is 49.3 Å². The smallest absolute Gasteiger partial charge is 0.0576 e. The van der Waals surface area contributed by atoms with Crippen LogP contribution in [0.5, 0.6) is 0 Å². The van der Waals surface area contributed by atoms with Gasteiger partial charge >= 0.3 is 0 Å². The van der Waals surface area contributed by atoms with Gasteiger partial charge in [0.1, 0.15) is 0 Å². The molecule has 1 aromatic carbocycles. The molecule has 1 aromatic rings. The fourth-order valence-corrected chi connectivity index (χ4v) is 3.24. The minimum atomic E-state index is 0.505. The molecule has 0 radical (unpaired) electrons. The number of anilines is 1. The van der Waals surface area contributed by atoms with E-state index >= 15 is 0 Å². The fraction of sp³-hybridized carbons (Fsp3) is 0.538. The van der Waals surface area contributed by atoms with E-state index in [9.17, 15) is 0 Å². The first-order valence-corrected chi connectivity index (χ1v) is 7.65. The molecule has 4 heteroatoms. The normalized spacial score (nSPS) is 19.5. The summed E-state index contributed by atoms with van der Waals surface area (Å²) in [7, 11) is 0. The van der Waals surface area contributed by atoms with Crippen molar-refractivity contribution in [3.63, 3.8) is 0 Å². The highest BCUT2D eigenvalue weighted by molar-refractivity contribution is 9.11. The van der Waals surface area contributed by atoms with Crippen LogP contribution in [0, 0.1) is 0 Å². The Morgan fingerprint density at radius 1 is 1.35 bits per heavy atom. The van der Waals surface area contributed by atoms with Crippen LogP contribution in [0.15, 0.2) is 27.1 Å². The van der Waals surface area contributed by atoms with Crippen LogP contribution in [0.2, 0.25) is 0 Å². The number of nitrogens with one attached hydrogen (secondary N) is 1. The summed E-state index contributed by atoms with van der Waals surface area (Å²) in [5.41, 5.74) is 1.15. The van der Waals surface area contributed by atoms with Crippen LogP contribution < -0.4 is 5.32 Å². The Hall–Kier alpha value is -0.0600. The van der Waals surface area contributed by atoms with Crippen LogP contribution in [0.25, 0.3) is 0 Å². The Kier molecular flexibility index (Phi) is 5.32.